The van der Waals surface area contributed by atoms with Gasteiger partial charge >= 0.3 is 6.09 Å². The van der Waals surface area contributed by atoms with Gasteiger partial charge in [0.2, 0.25) is 0 Å². The van der Waals surface area contributed by atoms with Crippen LogP contribution < -0.4 is 15.0 Å². The number of pyridine rings is 1. The van der Waals surface area contributed by atoms with E-state index in [9.17, 15) is 10.1 Å². The fraction of sp³-hybridized carbons (Fsp3) is 0.417. The van der Waals surface area contributed by atoms with Crippen molar-refractivity contribution in [3.8, 4) is 11.8 Å². The van der Waals surface area contributed by atoms with Crippen molar-refractivity contribution in [1.29, 1.82) is 5.26 Å². The highest BCUT2D eigenvalue weighted by atomic mass is 16.6. The van der Waals surface area contributed by atoms with Gasteiger partial charge in [-0.05, 0) is 50.6 Å². The number of ether oxygens (including phenoxy) is 2. The van der Waals surface area contributed by atoms with E-state index in [4.69, 9.17) is 14.5 Å². The third-order valence-electron chi connectivity index (χ3n) is 5.09. The van der Waals surface area contributed by atoms with E-state index in [0.29, 0.717) is 48.9 Å². The number of nitriles is 1. The van der Waals surface area contributed by atoms with Crippen LogP contribution >= 0.6 is 0 Å². The van der Waals surface area contributed by atoms with Gasteiger partial charge < -0.3 is 24.6 Å². The van der Waals surface area contributed by atoms with E-state index in [1.165, 1.54) is 0 Å². The monoisotopic (exact) mass is 450 g/mol. The number of carbonyl (C=O) groups is 1. The van der Waals surface area contributed by atoms with E-state index < -0.39 is 5.60 Å². The fourth-order valence-corrected chi connectivity index (χ4v) is 3.47. The van der Waals surface area contributed by atoms with Crippen LogP contribution in [-0.2, 0) is 4.74 Å². The molecule has 1 aromatic carbocycles. The van der Waals surface area contributed by atoms with Crippen molar-refractivity contribution in [2.24, 2.45) is 4.99 Å². The molecule has 174 valence electrons. The lowest BCUT2D eigenvalue weighted by molar-refractivity contribution is 0.0240. The summed E-state index contributed by atoms with van der Waals surface area (Å²) in [5, 5.41) is 12.8. The van der Waals surface area contributed by atoms with Crippen LogP contribution in [0.4, 0.5) is 22.0 Å². The Morgan fingerprint density at radius 1 is 1.21 bits per heavy atom. The van der Waals surface area contributed by atoms with Crippen molar-refractivity contribution in [1.82, 2.24) is 9.88 Å². The summed E-state index contributed by atoms with van der Waals surface area (Å²) in [5.41, 5.74) is 2.06. The molecule has 1 aliphatic heterocycles. The lowest BCUT2D eigenvalue weighted by atomic mass is 10.1. The van der Waals surface area contributed by atoms with Gasteiger partial charge in [-0.3, -0.25) is 4.99 Å². The third kappa shape index (κ3) is 5.92. The average Bonchev–Trinajstić information content (AvgIpc) is 2.81. The zero-order valence-corrected chi connectivity index (χ0v) is 19.8. The van der Waals surface area contributed by atoms with E-state index in [1.807, 2.05) is 45.0 Å². The Hall–Kier alpha value is -3.80. The van der Waals surface area contributed by atoms with Crippen molar-refractivity contribution in [3.63, 3.8) is 0 Å². The van der Waals surface area contributed by atoms with Crippen molar-refractivity contribution in [2.45, 2.75) is 26.4 Å². The summed E-state index contributed by atoms with van der Waals surface area (Å²) < 4.78 is 10.7. The first-order chi connectivity index (χ1) is 15.8. The number of hydrogen-bond donors (Lipinski definition) is 1. The predicted octanol–water partition coefficient (Wildman–Crippen LogP) is 3.81. The van der Waals surface area contributed by atoms with Gasteiger partial charge in [0.25, 0.3) is 0 Å². The maximum atomic E-state index is 12.4. The predicted molar refractivity (Wildman–Crippen MR) is 129 cm³/mol. The number of methoxy groups -OCH3 is 1. The van der Waals surface area contributed by atoms with Gasteiger partial charge in [0, 0.05) is 45.6 Å². The Bertz CT molecular complexity index is 1050. The Balaban J connectivity index is 1.88. The number of anilines is 2. The molecule has 1 saturated heterocycles. The van der Waals surface area contributed by atoms with Crippen molar-refractivity contribution in [2.75, 3.05) is 50.6 Å². The summed E-state index contributed by atoms with van der Waals surface area (Å²) in [6.45, 7) is 7.62. The van der Waals surface area contributed by atoms with Crippen LogP contribution in [0.2, 0.25) is 0 Å². The van der Waals surface area contributed by atoms with Crippen molar-refractivity contribution in [3.05, 3.63) is 41.6 Å². The average molecular weight is 451 g/mol. The first kappa shape index (κ1) is 23.9. The minimum Gasteiger partial charge on any atom is -0.497 e. The lowest BCUT2D eigenvalue weighted by Gasteiger charge is -2.37. The van der Waals surface area contributed by atoms with Gasteiger partial charge in [0.05, 0.1) is 18.4 Å². The Kier molecular flexibility index (Phi) is 7.38. The highest BCUT2D eigenvalue weighted by Crippen LogP contribution is 2.38. The Labute approximate surface area is 194 Å². The highest BCUT2D eigenvalue weighted by molar-refractivity contribution is 5.89. The summed E-state index contributed by atoms with van der Waals surface area (Å²) in [4.78, 5) is 25.3. The largest absolute Gasteiger partial charge is 0.497 e. The molecule has 0 unspecified atom stereocenters. The fourth-order valence-electron chi connectivity index (χ4n) is 3.47. The lowest BCUT2D eigenvalue weighted by Crippen LogP contribution is -2.50. The van der Waals surface area contributed by atoms with Gasteiger partial charge in [-0.25, -0.2) is 9.78 Å². The zero-order chi connectivity index (χ0) is 24.0. The molecule has 0 radical (unpaired) electrons. The zero-order valence-electron chi connectivity index (χ0n) is 19.8. The molecule has 33 heavy (non-hydrogen) atoms. The van der Waals surface area contributed by atoms with Gasteiger partial charge in [0.15, 0.2) is 5.82 Å². The molecule has 0 spiro atoms. The molecule has 2 aromatic rings. The van der Waals surface area contributed by atoms with Crippen LogP contribution in [0.3, 0.4) is 0 Å². The second-order valence-corrected chi connectivity index (χ2v) is 8.57. The van der Waals surface area contributed by atoms with Gasteiger partial charge in [-0.2, -0.15) is 5.26 Å². The van der Waals surface area contributed by atoms with Gasteiger partial charge in [0.1, 0.15) is 23.1 Å². The number of hydrogen-bond acceptors (Lipinski definition) is 8. The molecule has 1 amide bonds. The van der Waals surface area contributed by atoms with Gasteiger partial charge in [-0.15, -0.1) is 0 Å². The van der Waals surface area contributed by atoms with E-state index >= 15 is 0 Å². The van der Waals surface area contributed by atoms with Crippen molar-refractivity contribution >= 4 is 29.5 Å². The molecular weight excluding hydrogens is 420 g/mol. The quantitative estimate of drug-likeness (QED) is 0.691. The molecule has 0 saturated carbocycles. The van der Waals surface area contributed by atoms with Crippen LogP contribution in [0.15, 0.2) is 35.5 Å². The Morgan fingerprint density at radius 3 is 2.42 bits per heavy atom. The Morgan fingerprint density at radius 2 is 1.88 bits per heavy atom. The number of benzene rings is 1. The topological polar surface area (TPSA) is 103 Å². The molecule has 9 nitrogen and oxygen atoms in total. The maximum absolute atomic E-state index is 12.4. The minimum absolute atomic E-state index is 0.328. The summed E-state index contributed by atoms with van der Waals surface area (Å²) >= 11 is 0. The normalized spacial score (nSPS) is 14.2. The SMILES string of the molecule is CNc1ncc(C#N)c(N2CCN(C(=O)OC(C)(C)C)CC2)c1N=Cc1ccc(OC)cc1. The number of nitrogens with zero attached hydrogens (tertiary/aromatic N) is 5. The van der Waals surface area contributed by atoms with E-state index in [0.717, 1.165) is 11.3 Å². The summed E-state index contributed by atoms with van der Waals surface area (Å²) in [6, 6.07) is 9.77. The molecular formula is C24H30N6O3. The van der Waals surface area contributed by atoms with E-state index in [2.05, 4.69) is 21.3 Å². The van der Waals surface area contributed by atoms with Crippen molar-refractivity contribution < 1.29 is 14.3 Å². The number of rotatable bonds is 5. The van der Waals surface area contributed by atoms with Crippen LogP contribution in [0.25, 0.3) is 0 Å². The smallest absolute Gasteiger partial charge is 0.410 e. The van der Waals surface area contributed by atoms with Crippen LogP contribution in [0.1, 0.15) is 31.9 Å². The number of amides is 1. The molecule has 1 fully saturated rings. The first-order valence-corrected chi connectivity index (χ1v) is 10.8. The number of aliphatic imine (C=N–C) groups is 1. The second-order valence-electron chi connectivity index (χ2n) is 8.57. The molecule has 0 atom stereocenters. The maximum Gasteiger partial charge on any atom is 0.410 e. The van der Waals surface area contributed by atoms with Crippen LogP contribution in [0, 0.1) is 11.3 Å². The number of carbonyl (C=O) groups excluding carboxylic acids is 1. The number of nitrogens with one attached hydrogen (secondary N) is 1. The number of piperazine rings is 1. The first-order valence-electron chi connectivity index (χ1n) is 10.8. The second kappa shape index (κ2) is 10.2. The molecule has 0 bridgehead atoms. The molecule has 3 rings (SSSR count). The van der Waals surface area contributed by atoms with E-state index in [1.54, 1.807) is 31.5 Å². The molecule has 1 aromatic heterocycles. The highest BCUT2D eigenvalue weighted by Gasteiger charge is 2.28. The summed E-state index contributed by atoms with van der Waals surface area (Å²) in [6.07, 6.45) is 2.96. The van der Waals surface area contributed by atoms with Gasteiger partial charge in [-0.1, -0.05) is 0 Å². The molecule has 2 heterocycles. The summed E-state index contributed by atoms with van der Waals surface area (Å²) in [7, 11) is 3.39. The summed E-state index contributed by atoms with van der Waals surface area (Å²) in [5.74, 6) is 1.34. The molecule has 0 aliphatic carbocycles. The minimum atomic E-state index is -0.543. The van der Waals surface area contributed by atoms with Crippen LogP contribution in [0.5, 0.6) is 5.75 Å². The molecule has 1 N–H and O–H groups in total. The van der Waals surface area contributed by atoms with E-state index in [-0.39, 0.29) is 6.09 Å². The molecule has 1 aliphatic rings. The standard InChI is InChI=1S/C24H30N6O3/c1-24(2,3)33-23(31)30-12-10-29(11-13-30)21-18(14-25)16-28-22(26-4)20(21)27-15-17-6-8-19(32-5)9-7-17/h6-9,15-16H,10-13H2,1-5H3,(H,26,28). The molecule has 9 heteroatoms. The third-order valence-corrected chi connectivity index (χ3v) is 5.09. The number of aromatic nitrogens is 1. The van der Waals surface area contributed by atoms with Crippen LogP contribution in [-0.4, -0.2) is 68.1 Å².